The first-order chi connectivity index (χ1) is 7.29. The summed E-state index contributed by atoms with van der Waals surface area (Å²) in [5.41, 5.74) is 0. The van der Waals surface area contributed by atoms with E-state index in [0.717, 1.165) is 19.5 Å². The molecule has 88 valence electrons. The molecule has 0 aromatic carbocycles. The number of rotatable bonds is 8. The first kappa shape index (κ1) is 12.5. The normalized spacial score (nSPS) is 17.1. The van der Waals surface area contributed by atoms with E-state index in [1.807, 2.05) is 0 Å². The van der Waals surface area contributed by atoms with Gasteiger partial charge in [0.25, 0.3) is 0 Å². The monoisotopic (exact) mass is 214 g/mol. The molecule has 0 bridgehead atoms. The molecule has 1 aliphatic rings. The van der Waals surface area contributed by atoms with E-state index in [0.29, 0.717) is 0 Å². The maximum Gasteiger partial charge on any atom is 0.303 e. The Hall–Kier alpha value is -0.610. The minimum absolute atomic E-state index is 0.277. The van der Waals surface area contributed by atoms with Crippen LogP contribution in [0.15, 0.2) is 0 Å². The molecule has 0 saturated carbocycles. The van der Waals surface area contributed by atoms with Gasteiger partial charge >= 0.3 is 5.97 Å². The number of aliphatic carboxylic acids is 1. The molecular formula is C11H22N2O2. The van der Waals surface area contributed by atoms with Gasteiger partial charge in [-0.25, -0.2) is 0 Å². The quantitative estimate of drug-likeness (QED) is 0.590. The summed E-state index contributed by atoms with van der Waals surface area (Å²) in [6, 6.07) is 0. The average molecular weight is 214 g/mol. The Morgan fingerprint density at radius 3 is 2.53 bits per heavy atom. The van der Waals surface area contributed by atoms with E-state index < -0.39 is 5.97 Å². The lowest BCUT2D eigenvalue weighted by atomic mass is 10.3. The molecule has 0 aromatic rings. The highest BCUT2D eigenvalue weighted by atomic mass is 16.4. The van der Waals surface area contributed by atoms with E-state index in [1.54, 1.807) is 0 Å². The summed E-state index contributed by atoms with van der Waals surface area (Å²) in [7, 11) is 0. The summed E-state index contributed by atoms with van der Waals surface area (Å²) in [6.45, 7) is 5.55. The highest BCUT2D eigenvalue weighted by Gasteiger charge is 2.09. The van der Waals surface area contributed by atoms with Crippen molar-refractivity contribution >= 4 is 5.97 Å². The van der Waals surface area contributed by atoms with Crippen LogP contribution in [0.1, 0.15) is 32.1 Å². The van der Waals surface area contributed by atoms with Crippen LogP contribution in [0.2, 0.25) is 0 Å². The van der Waals surface area contributed by atoms with E-state index in [4.69, 9.17) is 5.11 Å². The molecule has 0 spiro atoms. The summed E-state index contributed by atoms with van der Waals surface area (Å²) in [6.07, 6.45) is 4.89. The minimum Gasteiger partial charge on any atom is -0.481 e. The van der Waals surface area contributed by atoms with E-state index in [2.05, 4.69) is 10.2 Å². The highest BCUT2D eigenvalue weighted by molar-refractivity contribution is 5.66. The Morgan fingerprint density at radius 2 is 1.87 bits per heavy atom. The maximum atomic E-state index is 10.2. The van der Waals surface area contributed by atoms with Gasteiger partial charge in [-0.05, 0) is 58.4 Å². The Labute approximate surface area is 91.6 Å². The lowest BCUT2D eigenvalue weighted by Gasteiger charge is -2.14. The van der Waals surface area contributed by atoms with Crippen molar-refractivity contribution in [3.63, 3.8) is 0 Å². The molecule has 1 rings (SSSR count). The lowest BCUT2D eigenvalue weighted by Crippen LogP contribution is -2.25. The Morgan fingerprint density at radius 1 is 1.20 bits per heavy atom. The molecular weight excluding hydrogens is 192 g/mol. The van der Waals surface area contributed by atoms with Crippen LogP contribution in [0.3, 0.4) is 0 Å². The number of carboxylic acids is 1. The van der Waals surface area contributed by atoms with Gasteiger partial charge in [0.1, 0.15) is 0 Å². The summed E-state index contributed by atoms with van der Waals surface area (Å²) in [5.74, 6) is -0.700. The zero-order chi connectivity index (χ0) is 10.9. The van der Waals surface area contributed by atoms with Gasteiger partial charge in [0, 0.05) is 6.42 Å². The van der Waals surface area contributed by atoms with Crippen LogP contribution in [0.25, 0.3) is 0 Å². The average Bonchev–Trinajstić information content (AvgIpc) is 2.68. The second kappa shape index (κ2) is 7.65. The van der Waals surface area contributed by atoms with Gasteiger partial charge in [-0.15, -0.1) is 0 Å². The first-order valence-electron chi connectivity index (χ1n) is 5.94. The van der Waals surface area contributed by atoms with Crippen molar-refractivity contribution in [1.29, 1.82) is 0 Å². The Bertz CT molecular complexity index is 179. The second-order valence-electron chi connectivity index (χ2n) is 4.15. The Balaban J connectivity index is 1.78. The van der Waals surface area contributed by atoms with Crippen LogP contribution < -0.4 is 5.32 Å². The standard InChI is InChI=1S/C11H22N2O2/c14-11(15)5-3-6-12-7-4-10-13-8-1-2-9-13/h12H,1-10H2,(H,14,15). The predicted molar refractivity (Wildman–Crippen MR) is 60.0 cm³/mol. The second-order valence-corrected chi connectivity index (χ2v) is 4.15. The molecule has 1 saturated heterocycles. The van der Waals surface area contributed by atoms with Crippen molar-refractivity contribution in [1.82, 2.24) is 10.2 Å². The maximum absolute atomic E-state index is 10.2. The molecule has 0 radical (unpaired) electrons. The molecule has 2 N–H and O–H groups in total. The molecule has 0 aliphatic carbocycles. The molecule has 15 heavy (non-hydrogen) atoms. The molecule has 4 heteroatoms. The molecule has 1 heterocycles. The smallest absolute Gasteiger partial charge is 0.303 e. The number of carbonyl (C=O) groups is 1. The van der Waals surface area contributed by atoms with Gasteiger partial charge in [-0.3, -0.25) is 4.79 Å². The molecule has 0 amide bonds. The topological polar surface area (TPSA) is 52.6 Å². The molecule has 1 fully saturated rings. The van der Waals surface area contributed by atoms with Crippen LogP contribution in [-0.2, 0) is 4.79 Å². The van der Waals surface area contributed by atoms with Gasteiger partial charge in [-0.2, -0.15) is 0 Å². The van der Waals surface area contributed by atoms with Crippen molar-refractivity contribution in [2.24, 2.45) is 0 Å². The van der Waals surface area contributed by atoms with Crippen LogP contribution in [0.4, 0.5) is 0 Å². The number of carboxylic acid groups (broad SMARTS) is 1. The van der Waals surface area contributed by atoms with Gasteiger partial charge in [0.05, 0.1) is 0 Å². The first-order valence-corrected chi connectivity index (χ1v) is 5.94. The van der Waals surface area contributed by atoms with Crippen LogP contribution in [0.5, 0.6) is 0 Å². The number of likely N-dealkylation sites (tertiary alicyclic amines) is 1. The molecule has 0 unspecified atom stereocenters. The molecule has 1 aliphatic heterocycles. The highest BCUT2D eigenvalue weighted by Crippen LogP contribution is 2.06. The SMILES string of the molecule is O=C(O)CCCNCCCN1CCCC1. The van der Waals surface area contributed by atoms with Crippen molar-refractivity contribution in [3.05, 3.63) is 0 Å². The van der Waals surface area contributed by atoms with E-state index in [9.17, 15) is 4.79 Å². The molecule has 4 nitrogen and oxygen atoms in total. The summed E-state index contributed by atoms with van der Waals surface area (Å²) >= 11 is 0. The van der Waals surface area contributed by atoms with Crippen molar-refractivity contribution in [2.45, 2.75) is 32.1 Å². The number of hydrogen-bond donors (Lipinski definition) is 2. The third-order valence-corrected chi connectivity index (χ3v) is 2.77. The zero-order valence-electron chi connectivity index (χ0n) is 9.37. The third-order valence-electron chi connectivity index (χ3n) is 2.77. The fourth-order valence-electron chi connectivity index (χ4n) is 1.92. The van der Waals surface area contributed by atoms with Crippen LogP contribution in [-0.4, -0.2) is 48.7 Å². The van der Waals surface area contributed by atoms with Crippen LogP contribution in [0, 0.1) is 0 Å². The Kier molecular flexibility index (Phi) is 6.36. The van der Waals surface area contributed by atoms with Gasteiger partial charge < -0.3 is 15.3 Å². The fraction of sp³-hybridized carbons (Fsp3) is 0.909. The van der Waals surface area contributed by atoms with Gasteiger partial charge in [0.2, 0.25) is 0 Å². The van der Waals surface area contributed by atoms with Crippen molar-refractivity contribution in [2.75, 3.05) is 32.7 Å². The summed E-state index contributed by atoms with van der Waals surface area (Å²) in [4.78, 5) is 12.7. The van der Waals surface area contributed by atoms with E-state index in [1.165, 1.54) is 38.9 Å². The number of hydrogen-bond acceptors (Lipinski definition) is 3. The molecule has 0 atom stereocenters. The number of nitrogens with one attached hydrogen (secondary N) is 1. The van der Waals surface area contributed by atoms with Gasteiger partial charge in [-0.1, -0.05) is 0 Å². The van der Waals surface area contributed by atoms with Crippen molar-refractivity contribution in [3.8, 4) is 0 Å². The zero-order valence-corrected chi connectivity index (χ0v) is 9.37. The summed E-state index contributed by atoms with van der Waals surface area (Å²) in [5, 5.41) is 11.7. The molecule has 0 aromatic heterocycles. The predicted octanol–water partition coefficient (Wildman–Crippen LogP) is 0.927. The minimum atomic E-state index is -0.700. The van der Waals surface area contributed by atoms with Crippen LogP contribution >= 0.6 is 0 Å². The number of nitrogens with zero attached hydrogens (tertiary/aromatic N) is 1. The third kappa shape index (κ3) is 6.47. The van der Waals surface area contributed by atoms with Crippen molar-refractivity contribution < 1.29 is 9.90 Å². The lowest BCUT2D eigenvalue weighted by molar-refractivity contribution is -0.137. The van der Waals surface area contributed by atoms with E-state index in [-0.39, 0.29) is 6.42 Å². The largest absolute Gasteiger partial charge is 0.481 e. The van der Waals surface area contributed by atoms with E-state index >= 15 is 0 Å². The van der Waals surface area contributed by atoms with Gasteiger partial charge in [0.15, 0.2) is 0 Å². The summed E-state index contributed by atoms with van der Waals surface area (Å²) < 4.78 is 0. The fourth-order valence-corrected chi connectivity index (χ4v) is 1.92.